The van der Waals surface area contributed by atoms with Crippen LogP contribution in [0.3, 0.4) is 0 Å². The first-order valence-electron chi connectivity index (χ1n) is 6.60. The predicted molar refractivity (Wildman–Crippen MR) is 79.7 cm³/mol. The molecule has 0 bridgehead atoms. The van der Waals surface area contributed by atoms with Gasteiger partial charge in [-0.1, -0.05) is 12.1 Å². The second-order valence-corrected chi connectivity index (χ2v) is 4.63. The van der Waals surface area contributed by atoms with Gasteiger partial charge in [0.2, 0.25) is 5.91 Å². The number of hydrogen-bond acceptors (Lipinski definition) is 3. The first-order chi connectivity index (χ1) is 10.9. The predicted octanol–water partition coefficient (Wildman–Crippen LogP) is 3.63. The van der Waals surface area contributed by atoms with Crippen molar-refractivity contribution < 1.29 is 18.0 Å². The molecule has 2 rings (SSSR count). The number of para-hydroxylation sites is 1. The Bertz CT molecular complexity index is 733. The summed E-state index contributed by atoms with van der Waals surface area (Å²) >= 11 is 0. The minimum absolute atomic E-state index is 0.134. The third-order valence-electron chi connectivity index (χ3n) is 2.99. The number of nitrogens with one attached hydrogen (secondary N) is 2. The number of hydrogen-bond donors (Lipinski definition) is 2. The van der Waals surface area contributed by atoms with Gasteiger partial charge >= 0.3 is 6.18 Å². The van der Waals surface area contributed by atoms with Crippen LogP contribution in [0, 0.1) is 11.3 Å². The van der Waals surface area contributed by atoms with Crippen molar-refractivity contribution in [3.05, 3.63) is 59.7 Å². The third kappa shape index (κ3) is 4.48. The lowest BCUT2D eigenvalue weighted by Crippen LogP contribution is -2.22. The largest absolute Gasteiger partial charge is 0.416 e. The normalized spacial score (nSPS) is 10.7. The molecule has 2 aromatic carbocycles. The lowest BCUT2D eigenvalue weighted by atomic mass is 10.2. The molecule has 0 aliphatic rings. The van der Waals surface area contributed by atoms with Crippen molar-refractivity contribution in [3.63, 3.8) is 0 Å². The fraction of sp³-hybridized carbons (Fsp3) is 0.125. The van der Waals surface area contributed by atoms with Gasteiger partial charge in [0.15, 0.2) is 0 Å². The van der Waals surface area contributed by atoms with E-state index in [0.717, 1.165) is 12.1 Å². The van der Waals surface area contributed by atoms with Crippen LogP contribution >= 0.6 is 0 Å². The van der Waals surface area contributed by atoms with Gasteiger partial charge in [-0.05, 0) is 36.4 Å². The number of benzene rings is 2. The van der Waals surface area contributed by atoms with Crippen molar-refractivity contribution in [2.45, 2.75) is 6.18 Å². The molecule has 0 heterocycles. The molecule has 2 N–H and O–H groups in total. The zero-order valence-electron chi connectivity index (χ0n) is 11.8. The Balaban J connectivity index is 1.93. The second-order valence-electron chi connectivity index (χ2n) is 4.63. The number of anilines is 2. The summed E-state index contributed by atoms with van der Waals surface area (Å²) in [5.41, 5.74) is 0.349. The highest BCUT2D eigenvalue weighted by atomic mass is 19.4. The van der Waals surface area contributed by atoms with Crippen LogP contribution in [0.25, 0.3) is 0 Å². The molecule has 0 aliphatic heterocycles. The van der Waals surface area contributed by atoms with Gasteiger partial charge in [-0.15, -0.1) is 0 Å². The lowest BCUT2D eigenvalue weighted by molar-refractivity contribution is -0.137. The van der Waals surface area contributed by atoms with E-state index in [4.69, 9.17) is 5.26 Å². The van der Waals surface area contributed by atoms with Crippen LogP contribution in [0.4, 0.5) is 24.5 Å². The van der Waals surface area contributed by atoms with Gasteiger partial charge in [-0.3, -0.25) is 4.79 Å². The Morgan fingerprint density at radius 3 is 2.35 bits per heavy atom. The smallest absolute Gasteiger partial charge is 0.376 e. The summed E-state index contributed by atoms with van der Waals surface area (Å²) in [5.74, 6) is -0.410. The van der Waals surface area contributed by atoms with E-state index in [1.54, 1.807) is 24.3 Å². The molecule has 0 saturated carbocycles. The molecule has 2 aromatic rings. The van der Waals surface area contributed by atoms with E-state index in [2.05, 4.69) is 10.6 Å². The van der Waals surface area contributed by atoms with E-state index >= 15 is 0 Å². The van der Waals surface area contributed by atoms with Crippen LogP contribution in [0.2, 0.25) is 0 Å². The van der Waals surface area contributed by atoms with Gasteiger partial charge in [-0.2, -0.15) is 18.4 Å². The van der Waals surface area contributed by atoms with E-state index < -0.39 is 17.6 Å². The maximum absolute atomic E-state index is 12.4. The lowest BCUT2D eigenvalue weighted by Gasteiger charge is -2.10. The van der Waals surface area contributed by atoms with Gasteiger partial charge in [0, 0.05) is 5.69 Å². The molecule has 0 spiro atoms. The third-order valence-corrected chi connectivity index (χ3v) is 2.99. The van der Waals surface area contributed by atoms with Crippen molar-refractivity contribution >= 4 is 17.3 Å². The standard InChI is InChI=1S/C16H12F3N3O/c17-16(18,19)12-5-7-13(8-6-12)21-10-15(23)22-14-4-2-1-3-11(14)9-20/h1-8,21H,10H2,(H,22,23). The van der Waals surface area contributed by atoms with Gasteiger partial charge in [-0.25, -0.2) is 0 Å². The molecule has 118 valence electrons. The fourth-order valence-electron chi connectivity index (χ4n) is 1.84. The molecule has 0 fully saturated rings. The van der Waals surface area contributed by atoms with Crippen molar-refractivity contribution in [2.24, 2.45) is 0 Å². The fourth-order valence-corrected chi connectivity index (χ4v) is 1.84. The summed E-state index contributed by atoms with van der Waals surface area (Å²) in [6.45, 7) is -0.134. The molecule has 0 unspecified atom stereocenters. The maximum Gasteiger partial charge on any atom is 0.416 e. The summed E-state index contributed by atoms with van der Waals surface area (Å²) < 4.78 is 37.3. The molecular formula is C16H12F3N3O. The Kier molecular flexibility index (Phi) is 4.86. The number of carbonyl (C=O) groups excluding carboxylic acids is 1. The Morgan fingerprint density at radius 2 is 1.74 bits per heavy atom. The number of carbonyl (C=O) groups is 1. The number of halogens is 3. The molecule has 0 atom stereocenters. The van der Waals surface area contributed by atoms with E-state index in [1.165, 1.54) is 12.1 Å². The molecular weight excluding hydrogens is 307 g/mol. The molecule has 23 heavy (non-hydrogen) atoms. The Labute approximate surface area is 130 Å². The van der Waals surface area contributed by atoms with Gasteiger partial charge < -0.3 is 10.6 Å². The second kappa shape index (κ2) is 6.83. The first-order valence-corrected chi connectivity index (χ1v) is 6.60. The highest BCUT2D eigenvalue weighted by Crippen LogP contribution is 2.29. The minimum atomic E-state index is -4.39. The Hall–Kier alpha value is -3.01. The average molecular weight is 319 g/mol. The van der Waals surface area contributed by atoms with Crippen LogP contribution in [0.5, 0.6) is 0 Å². The molecule has 1 amide bonds. The molecule has 0 aromatic heterocycles. The summed E-state index contributed by atoms with van der Waals surface area (Å²) in [7, 11) is 0. The summed E-state index contributed by atoms with van der Waals surface area (Å²) in [6, 6.07) is 12.8. The minimum Gasteiger partial charge on any atom is -0.376 e. The average Bonchev–Trinajstić information content (AvgIpc) is 2.53. The van der Waals surface area contributed by atoms with Crippen LogP contribution < -0.4 is 10.6 Å². The van der Waals surface area contributed by atoms with E-state index in [9.17, 15) is 18.0 Å². The number of alkyl halides is 3. The maximum atomic E-state index is 12.4. The molecule has 0 aliphatic carbocycles. The SMILES string of the molecule is N#Cc1ccccc1NC(=O)CNc1ccc(C(F)(F)F)cc1. The molecule has 4 nitrogen and oxygen atoms in total. The Morgan fingerprint density at radius 1 is 1.09 bits per heavy atom. The number of nitrogens with zero attached hydrogens (tertiary/aromatic N) is 1. The van der Waals surface area contributed by atoms with Crippen molar-refractivity contribution in [2.75, 3.05) is 17.2 Å². The number of amides is 1. The van der Waals surface area contributed by atoms with Crippen LogP contribution in [0.15, 0.2) is 48.5 Å². The highest BCUT2D eigenvalue weighted by molar-refractivity contribution is 5.94. The zero-order valence-corrected chi connectivity index (χ0v) is 11.8. The summed E-state index contributed by atoms with van der Waals surface area (Å²) in [6.07, 6.45) is -4.39. The van der Waals surface area contributed by atoms with Gasteiger partial charge in [0.1, 0.15) is 6.07 Å². The summed E-state index contributed by atoms with van der Waals surface area (Å²) in [4.78, 5) is 11.8. The van der Waals surface area contributed by atoms with Crippen LogP contribution in [0.1, 0.15) is 11.1 Å². The van der Waals surface area contributed by atoms with E-state index in [-0.39, 0.29) is 6.54 Å². The number of nitriles is 1. The quantitative estimate of drug-likeness (QED) is 0.904. The monoisotopic (exact) mass is 319 g/mol. The highest BCUT2D eigenvalue weighted by Gasteiger charge is 2.29. The topological polar surface area (TPSA) is 64.9 Å². The molecule has 0 radical (unpaired) electrons. The summed E-state index contributed by atoms with van der Waals surface area (Å²) in [5, 5.41) is 14.2. The number of rotatable bonds is 4. The van der Waals surface area contributed by atoms with Crippen molar-refractivity contribution in [3.8, 4) is 6.07 Å². The van der Waals surface area contributed by atoms with Crippen molar-refractivity contribution in [1.29, 1.82) is 5.26 Å². The molecule has 7 heteroatoms. The van der Waals surface area contributed by atoms with E-state index in [1.807, 2.05) is 6.07 Å². The van der Waals surface area contributed by atoms with Gasteiger partial charge in [0.25, 0.3) is 0 Å². The van der Waals surface area contributed by atoms with Crippen LogP contribution in [-0.4, -0.2) is 12.5 Å². The zero-order chi connectivity index (χ0) is 16.9. The van der Waals surface area contributed by atoms with Gasteiger partial charge in [0.05, 0.1) is 23.4 Å². The van der Waals surface area contributed by atoms with Crippen molar-refractivity contribution in [1.82, 2.24) is 0 Å². The van der Waals surface area contributed by atoms with E-state index in [0.29, 0.717) is 16.9 Å². The van der Waals surface area contributed by atoms with Crippen LogP contribution in [-0.2, 0) is 11.0 Å². The molecule has 0 saturated heterocycles. The first kappa shape index (κ1) is 16.4.